The van der Waals surface area contributed by atoms with Crippen molar-refractivity contribution in [3.8, 4) is 0 Å². The van der Waals surface area contributed by atoms with Gasteiger partial charge in [-0.1, -0.05) is 24.6 Å². The fourth-order valence-electron chi connectivity index (χ4n) is 4.38. The van der Waals surface area contributed by atoms with Crippen molar-refractivity contribution >= 4 is 16.8 Å². The van der Waals surface area contributed by atoms with Crippen molar-refractivity contribution in [1.29, 1.82) is 0 Å². The Balaban J connectivity index is 1.45. The Labute approximate surface area is 146 Å². The molecule has 1 aromatic heterocycles. The summed E-state index contributed by atoms with van der Waals surface area (Å²) in [5.74, 6) is -0.0768. The van der Waals surface area contributed by atoms with E-state index in [1.165, 1.54) is 6.42 Å². The number of pyridine rings is 1. The molecular formula is C20H24N2O3. The van der Waals surface area contributed by atoms with E-state index in [2.05, 4.69) is 10.3 Å². The molecule has 1 spiro atoms. The number of para-hydroxylation sites is 1. The monoisotopic (exact) mass is 340 g/mol. The summed E-state index contributed by atoms with van der Waals surface area (Å²) in [6.45, 7) is 2.74. The number of carbonyl (C=O) groups is 1. The van der Waals surface area contributed by atoms with Crippen LogP contribution in [-0.4, -0.2) is 29.6 Å². The summed E-state index contributed by atoms with van der Waals surface area (Å²) in [5, 5.41) is 4.09. The second-order valence-corrected chi connectivity index (χ2v) is 7.27. The van der Waals surface area contributed by atoms with Crippen LogP contribution in [0, 0.1) is 5.41 Å². The molecule has 0 bridgehead atoms. The summed E-state index contributed by atoms with van der Waals surface area (Å²) in [4.78, 5) is 27.6. The number of carbonyl (C=O) groups excluding carboxylic acids is 1. The summed E-state index contributed by atoms with van der Waals surface area (Å²) in [7, 11) is 0. The Hall–Kier alpha value is -2.14. The topological polar surface area (TPSA) is 71.2 Å². The number of ether oxygens (including phenoxy) is 1. The molecule has 2 aromatic rings. The van der Waals surface area contributed by atoms with Crippen molar-refractivity contribution in [2.45, 2.75) is 51.2 Å². The van der Waals surface area contributed by atoms with Crippen molar-refractivity contribution in [2.75, 3.05) is 6.61 Å². The van der Waals surface area contributed by atoms with Gasteiger partial charge in [-0.05, 0) is 43.7 Å². The molecule has 1 heterocycles. The van der Waals surface area contributed by atoms with Crippen LogP contribution in [0.5, 0.6) is 0 Å². The Bertz CT molecular complexity index is 853. The SMILES string of the molecule is CCO[C@H]1C[C@H](NC(=O)Cc2cc3ccccc3[nH]c2=O)C12CCC2. The molecule has 1 aromatic carbocycles. The zero-order chi connectivity index (χ0) is 17.4. The van der Waals surface area contributed by atoms with E-state index >= 15 is 0 Å². The van der Waals surface area contributed by atoms with Gasteiger partial charge in [0.05, 0.1) is 12.5 Å². The molecule has 5 heteroatoms. The molecule has 132 valence electrons. The summed E-state index contributed by atoms with van der Waals surface area (Å²) >= 11 is 0. The predicted molar refractivity (Wildman–Crippen MR) is 96.5 cm³/mol. The molecule has 2 aliphatic carbocycles. The lowest BCUT2D eigenvalue weighted by Gasteiger charge is -2.61. The van der Waals surface area contributed by atoms with E-state index in [9.17, 15) is 9.59 Å². The third kappa shape index (κ3) is 2.76. The van der Waals surface area contributed by atoms with Crippen LogP contribution in [0.3, 0.4) is 0 Å². The maximum absolute atomic E-state index is 12.5. The molecule has 5 nitrogen and oxygen atoms in total. The average Bonchev–Trinajstić information content (AvgIpc) is 2.53. The number of rotatable bonds is 5. The lowest BCUT2D eigenvalue weighted by atomic mass is 9.51. The molecular weight excluding hydrogens is 316 g/mol. The van der Waals surface area contributed by atoms with Crippen LogP contribution in [0.1, 0.15) is 38.2 Å². The number of fused-ring (bicyclic) bond motifs is 1. The van der Waals surface area contributed by atoms with Crippen LogP contribution in [-0.2, 0) is 16.0 Å². The Kier molecular flexibility index (Phi) is 4.12. The number of H-pyrrole nitrogens is 1. The molecule has 1 amide bonds. The quantitative estimate of drug-likeness (QED) is 0.879. The highest BCUT2D eigenvalue weighted by atomic mass is 16.5. The summed E-state index contributed by atoms with van der Waals surface area (Å²) in [6, 6.07) is 9.61. The number of hydrogen-bond acceptors (Lipinski definition) is 3. The molecule has 0 unspecified atom stereocenters. The minimum atomic E-state index is -0.187. The molecule has 0 aliphatic heterocycles. The number of aromatic amines is 1. The van der Waals surface area contributed by atoms with Crippen molar-refractivity contribution in [3.63, 3.8) is 0 Å². The highest BCUT2D eigenvalue weighted by Gasteiger charge is 2.59. The van der Waals surface area contributed by atoms with Crippen molar-refractivity contribution in [1.82, 2.24) is 10.3 Å². The van der Waals surface area contributed by atoms with Gasteiger partial charge >= 0.3 is 0 Å². The Morgan fingerprint density at radius 2 is 2.16 bits per heavy atom. The number of hydrogen-bond donors (Lipinski definition) is 2. The molecule has 2 aliphatic rings. The van der Waals surface area contributed by atoms with E-state index in [0.717, 1.165) is 36.8 Å². The molecule has 2 N–H and O–H groups in total. The zero-order valence-corrected chi connectivity index (χ0v) is 14.5. The molecule has 2 atom stereocenters. The van der Waals surface area contributed by atoms with E-state index in [-0.39, 0.29) is 35.4 Å². The lowest BCUT2D eigenvalue weighted by Crippen LogP contribution is -2.67. The maximum Gasteiger partial charge on any atom is 0.252 e. The molecule has 0 radical (unpaired) electrons. The molecule has 4 rings (SSSR count). The zero-order valence-electron chi connectivity index (χ0n) is 14.5. The fraction of sp³-hybridized carbons (Fsp3) is 0.500. The van der Waals surface area contributed by atoms with Crippen LogP contribution < -0.4 is 10.9 Å². The molecule has 0 saturated heterocycles. The summed E-state index contributed by atoms with van der Waals surface area (Å²) < 4.78 is 5.83. The van der Waals surface area contributed by atoms with Gasteiger partial charge in [0.1, 0.15) is 0 Å². The largest absolute Gasteiger partial charge is 0.378 e. The number of nitrogens with one attached hydrogen (secondary N) is 2. The van der Waals surface area contributed by atoms with Crippen molar-refractivity contribution in [2.24, 2.45) is 5.41 Å². The minimum absolute atomic E-state index is 0.0768. The van der Waals surface area contributed by atoms with E-state index in [1.54, 1.807) is 0 Å². The van der Waals surface area contributed by atoms with Gasteiger partial charge in [0.15, 0.2) is 0 Å². The van der Waals surface area contributed by atoms with Gasteiger partial charge in [0.25, 0.3) is 5.56 Å². The second-order valence-electron chi connectivity index (χ2n) is 7.27. The predicted octanol–water partition coefficient (Wildman–Crippen LogP) is 2.53. The summed E-state index contributed by atoms with van der Waals surface area (Å²) in [5.41, 5.74) is 1.26. The van der Waals surface area contributed by atoms with Gasteiger partial charge in [-0.3, -0.25) is 9.59 Å². The first-order valence-corrected chi connectivity index (χ1v) is 9.14. The highest BCUT2D eigenvalue weighted by Crippen LogP contribution is 2.57. The van der Waals surface area contributed by atoms with Gasteiger partial charge in [-0.2, -0.15) is 0 Å². The van der Waals surface area contributed by atoms with Gasteiger partial charge in [-0.25, -0.2) is 0 Å². The van der Waals surface area contributed by atoms with Gasteiger partial charge < -0.3 is 15.0 Å². The van der Waals surface area contributed by atoms with Gasteiger partial charge in [-0.15, -0.1) is 0 Å². The van der Waals surface area contributed by atoms with Crippen molar-refractivity contribution < 1.29 is 9.53 Å². The van der Waals surface area contributed by atoms with Crippen LogP contribution >= 0.6 is 0 Å². The summed E-state index contributed by atoms with van der Waals surface area (Å²) in [6.07, 6.45) is 4.74. The highest BCUT2D eigenvalue weighted by molar-refractivity contribution is 5.82. The average molecular weight is 340 g/mol. The first kappa shape index (κ1) is 16.3. The fourth-order valence-corrected chi connectivity index (χ4v) is 4.38. The number of benzene rings is 1. The number of amides is 1. The van der Waals surface area contributed by atoms with Crippen LogP contribution in [0.4, 0.5) is 0 Å². The smallest absolute Gasteiger partial charge is 0.252 e. The Morgan fingerprint density at radius 3 is 2.88 bits per heavy atom. The first-order chi connectivity index (χ1) is 12.1. The number of aromatic nitrogens is 1. The standard InChI is InChI=1S/C20H24N2O3/c1-2-25-17-12-16(20(17)8-5-9-20)22-18(23)11-14-10-13-6-3-4-7-15(13)21-19(14)24/h3-4,6-7,10,16-17H,2,5,8-9,11-12H2,1H3,(H,21,24)(H,22,23)/t16-,17-/m0/s1. The lowest BCUT2D eigenvalue weighted by molar-refractivity contribution is -0.175. The van der Waals surface area contributed by atoms with E-state index in [4.69, 9.17) is 4.74 Å². The van der Waals surface area contributed by atoms with E-state index in [1.807, 2.05) is 37.3 Å². The second kappa shape index (κ2) is 6.30. The molecule has 2 fully saturated rings. The molecule has 2 saturated carbocycles. The minimum Gasteiger partial charge on any atom is -0.378 e. The van der Waals surface area contributed by atoms with Crippen LogP contribution in [0.2, 0.25) is 0 Å². The third-order valence-electron chi connectivity index (χ3n) is 5.95. The Morgan fingerprint density at radius 1 is 1.36 bits per heavy atom. The normalized spacial score (nSPS) is 23.9. The first-order valence-electron chi connectivity index (χ1n) is 9.14. The van der Waals surface area contributed by atoms with E-state index < -0.39 is 0 Å². The van der Waals surface area contributed by atoms with Gasteiger partial charge in [0.2, 0.25) is 5.91 Å². The van der Waals surface area contributed by atoms with Crippen LogP contribution in [0.15, 0.2) is 35.1 Å². The van der Waals surface area contributed by atoms with Crippen LogP contribution in [0.25, 0.3) is 10.9 Å². The van der Waals surface area contributed by atoms with Crippen molar-refractivity contribution in [3.05, 3.63) is 46.2 Å². The molecule has 25 heavy (non-hydrogen) atoms. The third-order valence-corrected chi connectivity index (χ3v) is 5.95. The maximum atomic E-state index is 12.5. The van der Waals surface area contributed by atoms with E-state index in [0.29, 0.717) is 5.56 Å². The van der Waals surface area contributed by atoms with Gasteiger partial charge in [0, 0.05) is 29.1 Å².